The van der Waals surface area contributed by atoms with Gasteiger partial charge in [-0.3, -0.25) is 0 Å². The number of rotatable bonds is 3. The van der Waals surface area contributed by atoms with Crippen molar-refractivity contribution in [2.75, 3.05) is 7.11 Å². The molecule has 2 N–H and O–H groups in total. The van der Waals surface area contributed by atoms with E-state index in [0.717, 1.165) is 6.07 Å². The second kappa shape index (κ2) is 4.23. The molecular weight excluding hydrogens is 194 g/mol. The van der Waals surface area contributed by atoms with Crippen molar-refractivity contribution in [1.29, 1.82) is 0 Å². The van der Waals surface area contributed by atoms with Crippen LogP contribution in [0.2, 0.25) is 0 Å². The molecule has 78 valence electrons. The number of ether oxygens (including phenoxy) is 1. The summed E-state index contributed by atoms with van der Waals surface area (Å²) >= 11 is 0. The SMILES string of the molecule is COc1cc(CO)c(O)c(C(F)F)c1. The van der Waals surface area contributed by atoms with Crippen molar-refractivity contribution in [3.63, 3.8) is 0 Å². The van der Waals surface area contributed by atoms with Gasteiger partial charge in [-0.25, -0.2) is 8.78 Å². The molecule has 0 spiro atoms. The largest absolute Gasteiger partial charge is 0.507 e. The summed E-state index contributed by atoms with van der Waals surface area (Å²) in [6, 6.07) is 2.35. The Bertz CT molecular complexity index is 326. The Kier molecular flexibility index (Phi) is 3.24. The van der Waals surface area contributed by atoms with E-state index >= 15 is 0 Å². The fourth-order valence-electron chi connectivity index (χ4n) is 1.09. The van der Waals surface area contributed by atoms with E-state index in [-0.39, 0.29) is 11.3 Å². The average molecular weight is 204 g/mol. The fraction of sp³-hybridized carbons (Fsp3) is 0.333. The third kappa shape index (κ3) is 1.93. The van der Waals surface area contributed by atoms with Gasteiger partial charge in [0.05, 0.1) is 19.3 Å². The van der Waals surface area contributed by atoms with E-state index in [1.807, 2.05) is 0 Å². The minimum atomic E-state index is -2.80. The van der Waals surface area contributed by atoms with E-state index in [4.69, 9.17) is 9.84 Å². The van der Waals surface area contributed by atoms with Crippen molar-refractivity contribution in [2.45, 2.75) is 13.0 Å². The Morgan fingerprint density at radius 2 is 2.07 bits per heavy atom. The second-order valence-electron chi connectivity index (χ2n) is 2.68. The molecule has 0 aromatic heterocycles. The lowest BCUT2D eigenvalue weighted by molar-refractivity contribution is 0.146. The highest BCUT2D eigenvalue weighted by Crippen LogP contribution is 2.34. The lowest BCUT2D eigenvalue weighted by atomic mass is 10.1. The van der Waals surface area contributed by atoms with Crippen molar-refractivity contribution in [1.82, 2.24) is 0 Å². The molecule has 1 aromatic rings. The highest BCUT2D eigenvalue weighted by molar-refractivity contribution is 5.46. The van der Waals surface area contributed by atoms with Crippen LogP contribution in [-0.4, -0.2) is 17.3 Å². The van der Waals surface area contributed by atoms with E-state index in [0.29, 0.717) is 0 Å². The van der Waals surface area contributed by atoms with Crippen molar-refractivity contribution >= 4 is 0 Å². The topological polar surface area (TPSA) is 49.7 Å². The van der Waals surface area contributed by atoms with Crippen molar-refractivity contribution in [3.8, 4) is 11.5 Å². The predicted molar refractivity (Wildman–Crippen MR) is 45.5 cm³/mol. The molecule has 5 heteroatoms. The number of phenols is 1. The molecule has 0 heterocycles. The zero-order valence-corrected chi connectivity index (χ0v) is 7.50. The molecule has 0 saturated heterocycles. The lowest BCUT2D eigenvalue weighted by Gasteiger charge is -2.10. The molecule has 3 nitrogen and oxygen atoms in total. The molecule has 0 fully saturated rings. The number of halogens is 2. The first-order chi connectivity index (χ1) is 6.60. The molecule has 1 rings (SSSR count). The van der Waals surface area contributed by atoms with E-state index in [1.165, 1.54) is 13.2 Å². The van der Waals surface area contributed by atoms with Crippen molar-refractivity contribution in [3.05, 3.63) is 23.3 Å². The maximum absolute atomic E-state index is 12.4. The van der Waals surface area contributed by atoms with Gasteiger partial charge in [0, 0.05) is 5.56 Å². The second-order valence-corrected chi connectivity index (χ2v) is 2.68. The van der Waals surface area contributed by atoms with Gasteiger partial charge in [0.1, 0.15) is 11.5 Å². The van der Waals surface area contributed by atoms with Crippen LogP contribution in [0.1, 0.15) is 17.6 Å². The van der Waals surface area contributed by atoms with Crippen LogP contribution in [0.3, 0.4) is 0 Å². The number of aliphatic hydroxyl groups is 1. The van der Waals surface area contributed by atoms with Gasteiger partial charge in [-0.1, -0.05) is 0 Å². The van der Waals surface area contributed by atoms with Gasteiger partial charge >= 0.3 is 0 Å². The van der Waals surface area contributed by atoms with E-state index in [9.17, 15) is 13.9 Å². The van der Waals surface area contributed by atoms with Crippen LogP contribution < -0.4 is 4.74 Å². The minimum absolute atomic E-state index is 0.0275. The summed E-state index contributed by atoms with van der Waals surface area (Å²) in [6.45, 7) is -0.511. The normalized spacial score (nSPS) is 10.6. The zero-order chi connectivity index (χ0) is 10.7. The predicted octanol–water partition coefficient (Wildman–Crippen LogP) is 1.83. The number of alkyl halides is 2. The number of hydrogen-bond donors (Lipinski definition) is 2. The van der Waals surface area contributed by atoms with Gasteiger partial charge in [0.2, 0.25) is 0 Å². The summed E-state index contributed by atoms with van der Waals surface area (Å²) in [5.41, 5.74) is -0.506. The van der Waals surface area contributed by atoms with Gasteiger partial charge in [-0.15, -0.1) is 0 Å². The smallest absolute Gasteiger partial charge is 0.267 e. The maximum Gasteiger partial charge on any atom is 0.267 e. The Hall–Kier alpha value is -1.36. The number of aliphatic hydroxyl groups excluding tert-OH is 1. The highest BCUT2D eigenvalue weighted by Gasteiger charge is 2.17. The first-order valence-corrected chi connectivity index (χ1v) is 3.89. The molecule has 0 aliphatic rings. The average Bonchev–Trinajstić information content (AvgIpc) is 2.17. The van der Waals surface area contributed by atoms with Crippen LogP contribution in [0.25, 0.3) is 0 Å². The molecule has 0 aliphatic heterocycles. The third-order valence-corrected chi connectivity index (χ3v) is 1.83. The third-order valence-electron chi connectivity index (χ3n) is 1.83. The first-order valence-electron chi connectivity index (χ1n) is 3.89. The number of benzene rings is 1. The van der Waals surface area contributed by atoms with Crippen LogP contribution in [0.5, 0.6) is 11.5 Å². The molecule has 0 aliphatic carbocycles. The summed E-state index contributed by atoms with van der Waals surface area (Å²) in [4.78, 5) is 0. The Morgan fingerprint density at radius 1 is 1.43 bits per heavy atom. The summed E-state index contributed by atoms with van der Waals surface area (Å²) < 4.78 is 29.5. The standard InChI is InChI=1S/C9H10F2O3/c1-14-6-2-5(4-12)8(13)7(3-6)9(10)11/h2-3,9,12-13H,4H2,1H3. The highest BCUT2D eigenvalue weighted by atomic mass is 19.3. The molecule has 14 heavy (non-hydrogen) atoms. The van der Waals surface area contributed by atoms with Crippen LogP contribution in [0.4, 0.5) is 8.78 Å². The van der Waals surface area contributed by atoms with Gasteiger partial charge in [0.25, 0.3) is 6.43 Å². The van der Waals surface area contributed by atoms with Gasteiger partial charge in [-0.05, 0) is 12.1 Å². The van der Waals surface area contributed by atoms with Crippen LogP contribution in [-0.2, 0) is 6.61 Å². The first kappa shape index (κ1) is 10.7. The van der Waals surface area contributed by atoms with Crippen LogP contribution in [0.15, 0.2) is 12.1 Å². The van der Waals surface area contributed by atoms with Crippen molar-refractivity contribution < 1.29 is 23.7 Å². The van der Waals surface area contributed by atoms with E-state index < -0.39 is 24.3 Å². The monoisotopic (exact) mass is 204 g/mol. The summed E-state index contributed by atoms with van der Waals surface area (Å²) in [6.07, 6.45) is -2.80. The molecule has 0 atom stereocenters. The molecular formula is C9H10F2O3. The fourth-order valence-corrected chi connectivity index (χ4v) is 1.09. The Morgan fingerprint density at radius 3 is 2.50 bits per heavy atom. The van der Waals surface area contributed by atoms with Crippen molar-refractivity contribution in [2.24, 2.45) is 0 Å². The molecule has 1 aromatic carbocycles. The quantitative estimate of drug-likeness (QED) is 0.789. The van der Waals surface area contributed by atoms with E-state index in [2.05, 4.69) is 0 Å². The van der Waals surface area contributed by atoms with Gasteiger partial charge in [0.15, 0.2) is 0 Å². The summed E-state index contributed by atoms with van der Waals surface area (Å²) in [7, 11) is 1.32. The van der Waals surface area contributed by atoms with Gasteiger partial charge in [-0.2, -0.15) is 0 Å². The summed E-state index contributed by atoms with van der Waals surface area (Å²) in [5.74, 6) is -0.398. The molecule has 0 radical (unpaired) electrons. The number of hydrogen-bond acceptors (Lipinski definition) is 3. The number of aromatic hydroxyl groups is 1. The lowest BCUT2D eigenvalue weighted by Crippen LogP contribution is -1.94. The minimum Gasteiger partial charge on any atom is -0.507 e. The zero-order valence-electron chi connectivity index (χ0n) is 7.50. The maximum atomic E-state index is 12.4. The molecule has 0 unspecified atom stereocenters. The molecule has 0 saturated carbocycles. The Balaban J connectivity index is 3.27. The van der Waals surface area contributed by atoms with Gasteiger partial charge < -0.3 is 14.9 Å². The molecule has 0 bridgehead atoms. The molecule has 0 amide bonds. The van der Waals surface area contributed by atoms with E-state index in [1.54, 1.807) is 0 Å². The Labute approximate surface area is 79.6 Å². The van der Waals surface area contributed by atoms with Crippen LogP contribution >= 0.6 is 0 Å². The van der Waals surface area contributed by atoms with Crippen LogP contribution in [0, 0.1) is 0 Å². The number of methoxy groups -OCH3 is 1. The summed E-state index contributed by atoms with van der Waals surface area (Å²) in [5, 5.41) is 18.1.